The minimum Gasteiger partial charge on any atom is -0.478 e. The number of aromatic carboxylic acids is 1. The fraction of sp³-hybridized carbons (Fsp3) is 0.121. The van der Waals surface area contributed by atoms with Crippen molar-refractivity contribution in [2.24, 2.45) is 0 Å². The van der Waals surface area contributed by atoms with Gasteiger partial charge in [0.25, 0.3) is 0 Å². The lowest BCUT2D eigenvalue weighted by Crippen LogP contribution is -2.21. The van der Waals surface area contributed by atoms with E-state index in [2.05, 4.69) is 22.5 Å². The highest BCUT2D eigenvalue weighted by atomic mass is 35.5. The van der Waals surface area contributed by atoms with Crippen LogP contribution >= 0.6 is 23.2 Å². The number of aryl methyl sites for hydroxylation is 1. The van der Waals surface area contributed by atoms with Crippen molar-refractivity contribution < 1.29 is 14.7 Å². The van der Waals surface area contributed by atoms with E-state index in [0.717, 1.165) is 39.1 Å². The second-order valence-corrected chi connectivity index (χ2v) is 11.4. The van der Waals surface area contributed by atoms with Crippen LogP contribution in [0.4, 0.5) is 5.69 Å². The van der Waals surface area contributed by atoms with Crippen LogP contribution in [0.2, 0.25) is 10.0 Å². The Hall–Kier alpha value is -4.39. The largest absolute Gasteiger partial charge is 0.478 e. The number of carboxylic acid groups (broad SMARTS) is 1. The summed E-state index contributed by atoms with van der Waals surface area (Å²) in [4.78, 5) is 25.1. The lowest BCUT2D eigenvalue weighted by atomic mass is 9.89. The monoisotopic (exact) mass is 579 g/mol. The summed E-state index contributed by atoms with van der Waals surface area (Å²) in [5.41, 5.74) is 7.00. The molecule has 1 aliphatic heterocycles. The maximum absolute atomic E-state index is 13.4. The number of nitrogens with zero attached hydrogens (tertiary/aromatic N) is 2. The van der Waals surface area contributed by atoms with Crippen LogP contribution in [0.3, 0.4) is 0 Å². The van der Waals surface area contributed by atoms with E-state index in [0.29, 0.717) is 27.7 Å². The fourth-order valence-electron chi connectivity index (χ4n) is 6.03. The number of rotatable bonds is 5. The summed E-state index contributed by atoms with van der Waals surface area (Å²) < 4.78 is 1.81. The van der Waals surface area contributed by atoms with Crippen LogP contribution in [-0.2, 0) is 10.2 Å². The van der Waals surface area contributed by atoms with Crippen molar-refractivity contribution in [2.45, 2.75) is 24.7 Å². The Morgan fingerprint density at radius 3 is 2.32 bits per heavy atom. The summed E-state index contributed by atoms with van der Waals surface area (Å²) in [6.07, 6.45) is 4.22. The second kappa shape index (κ2) is 9.33. The predicted molar refractivity (Wildman–Crippen MR) is 160 cm³/mol. The Morgan fingerprint density at radius 1 is 0.976 bits per heavy atom. The minimum atomic E-state index is -0.982. The molecule has 0 radical (unpaired) electrons. The summed E-state index contributed by atoms with van der Waals surface area (Å²) in [6, 6.07) is 25.5. The van der Waals surface area contributed by atoms with Crippen molar-refractivity contribution in [1.82, 2.24) is 9.78 Å². The van der Waals surface area contributed by atoms with Gasteiger partial charge in [-0.3, -0.25) is 4.79 Å². The zero-order valence-electron chi connectivity index (χ0n) is 21.9. The predicted octanol–water partition coefficient (Wildman–Crippen LogP) is 7.90. The number of amides is 1. The molecule has 4 aromatic carbocycles. The van der Waals surface area contributed by atoms with Gasteiger partial charge in [0.2, 0.25) is 5.91 Å². The fourth-order valence-corrected chi connectivity index (χ4v) is 6.54. The van der Waals surface area contributed by atoms with E-state index >= 15 is 0 Å². The number of carbonyl (C=O) groups excluding carboxylic acids is 1. The molecule has 41 heavy (non-hydrogen) atoms. The molecule has 8 heteroatoms. The third kappa shape index (κ3) is 3.97. The van der Waals surface area contributed by atoms with Crippen molar-refractivity contribution in [3.05, 3.63) is 124 Å². The molecule has 2 unspecified atom stereocenters. The van der Waals surface area contributed by atoms with E-state index < -0.39 is 11.4 Å². The number of carbonyl (C=O) groups is 2. The standard InChI is InChI=1S/C33H23Cl2N3O3/c1-18-3-4-22(15-24(18)31(39)40)27-17-33(27)26-16-25(28(34)29(35)30(26)37-32(33)41)21-7-5-19(6-8-21)20-9-11-23(12-10-20)38-14-2-13-36-38/h2-16,27H,17H2,1H3,(H,37,41)(H,39,40). The van der Waals surface area contributed by atoms with Gasteiger partial charge in [-0.15, -0.1) is 0 Å². The van der Waals surface area contributed by atoms with Gasteiger partial charge in [-0.2, -0.15) is 5.10 Å². The zero-order valence-corrected chi connectivity index (χ0v) is 23.4. The summed E-state index contributed by atoms with van der Waals surface area (Å²) in [7, 11) is 0. The molecule has 7 rings (SSSR count). The highest BCUT2D eigenvalue weighted by Crippen LogP contribution is 2.66. The van der Waals surface area contributed by atoms with Crippen molar-refractivity contribution in [2.75, 3.05) is 5.32 Å². The van der Waals surface area contributed by atoms with E-state index in [4.69, 9.17) is 23.2 Å². The van der Waals surface area contributed by atoms with E-state index in [9.17, 15) is 14.7 Å². The molecule has 2 heterocycles. The van der Waals surface area contributed by atoms with E-state index in [1.165, 1.54) is 0 Å². The Kier molecular flexibility index (Phi) is 5.82. The summed E-state index contributed by atoms with van der Waals surface area (Å²) >= 11 is 13.5. The number of carboxylic acids is 1. The molecule has 2 atom stereocenters. The first-order chi connectivity index (χ1) is 19.8. The molecule has 6 nitrogen and oxygen atoms in total. The minimum absolute atomic E-state index is 0.140. The zero-order chi connectivity index (χ0) is 28.5. The highest BCUT2D eigenvalue weighted by molar-refractivity contribution is 6.46. The lowest BCUT2D eigenvalue weighted by Gasteiger charge is -2.15. The number of halogens is 2. The Balaban J connectivity index is 1.23. The molecule has 1 spiro atoms. The molecule has 1 saturated carbocycles. The van der Waals surface area contributed by atoms with Gasteiger partial charge < -0.3 is 10.4 Å². The average Bonchev–Trinajstić information content (AvgIpc) is 3.35. The topological polar surface area (TPSA) is 84.2 Å². The van der Waals surface area contributed by atoms with E-state index in [1.807, 2.05) is 65.5 Å². The number of fused-ring (bicyclic) bond motifs is 2. The van der Waals surface area contributed by atoms with Gasteiger partial charge in [-0.25, -0.2) is 9.48 Å². The van der Waals surface area contributed by atoms with Crippen LogP contribution < -0.4 is 5.32 Å². The van der Waals surface area contributed by atoms with Gasteiger partial charge >= 0.3 is 5.97 Å². The molecule has 1 fully saturated rings. The van der Waals surface area contributed by atoms with Crippen LogP contribution in [-0.4, -0.2) is 26.8 Å². The Bertz CT molecular complexity index is 1870. The van der Waals surface area contributed by atoms with Crippen molar-refractivity contribution in [3.63, 3.8) is 0 Å². The number of nitrogens with one attached hydrogen (secondary N) is 1. The van der Waals surface area contributed by atoms with Crippen molar-refractivity contribution in [1.29, 1.82) is 0 Å². The van der Waals surface area contributed by atoms with Gasteiger partial charge in [-0.05, 0) is 77.1 Å². The van der Waals surface area contributed by atoms with Crippen LogP contribution in [0.15, 0.2) is 91.3 Å². The SMILES string of the molecule is Cc1ccc(C2CC23C(=O)Nc2c3cc(-c3ccc(-c4ccc(-n5cccn5)cc4)cc3)c(Cl)c2Cl)cc1C(=O)O. The molecular weight excluding hydrogens is 557 g/mol. The molecular formula is C33H23Cl2N3O3. The molecule has 202 valence electrons. The number of hydrogen-bond donors (Lipinski definition) is 2. The van der Waals surface area contributed by atoms with Gasteiger partial charge in [0.1, 0.15) is 0 Å². The number of benzene rings is 4. The third-order valence-corrected chi connectivity index (χ3v) is 9.22. The summed E-state index contributed by atoms with van der Waals surface area (Å²) in [5.74, 6) is -1.27. The second-order valence-electron chi connectivity index (χ2n) is 10.6. The van der Waals surface area contributed by atoms with Gasteiger partial charge in [0.05, 0.1) is 32.4 Å². The Morgan fingerprint density at radius 2 is 1.66 bits per heavy atom. The van der Waals surface area contributed by atoms with E-state index in [1.54, 1.807) is 25.3 Å². The molecule has 0 bridgehead atoms. The maximum Gasteiger partial charge on any atom is 0.335 e. The van der Waals surface area contributed by atoms with Gasteiger partial charge in [0, 0.05) is 23.9 Å². The normalized spacial score (nSPS) is 18.8. The first-order valence-corrected chi connectivity index (χ1v) is 13.9. The van der Waals surface area contributed by atoms with Crippen LogP contribution in [0.1, 0.15) is 39.4 Å². The first kappa shape index (κ1) is 25.6. The van der Waals surface area contributed by atoms with Crippen LogP contribution in [0.5, 0.6) is 0 Å². The summed E-state index contributed by atoms with van der Waals surface area (Å²) in [6.45, 7) is 1.77. The van der Waals surface area contributed by atoms with Crippen LogP contribution in [0, 0.1) is 6.92 Å². The van der Waals surface area contributed by atoms with Crippen LogP contribution in [0.25, 0.3) is 27.9 Å². The van der Waals surface area contributed by atoms with Gasteiger partial charge in [0.15, 0.2) is 0 Å². The molecule has 5 aromatic rings. The summed E-state index contributed by atoms with van der Waals surface area (Å²) in [5, 5.41) is 17.5. The van der Waals surface area contributed by atoms with Crippen molar-refractivity contribution in [3.8, 4) is 27.9 Å². The molecule has 2 N–H and O–H groups in total. The average molecular weight is 580 g/mol. The molecule has 1 aromatic heterocycles. The number of aromatic nitrogens is 2. The van der Waals surface area contributed by atoms with Gasteiger partial charge in [-0.1, -0.05) is 71.7 Å². The smallest absolute Gasteiger partial charge is 0.335 e. The number of hydrogen-bond acceptors (Lipinski definition) is 3. The third-order valence-electron chi connectivity index (χ3n) is 8.35. The van der Waals surface area contributed by atoms with E-state index in [-0.39, 0.29) is 17.4 Å². The Labute approximate surface area is 246 Å². The molecule has 1 amide bonds. The number of anilines is 1. The maximum atomic E-state index is 13.4. The molecule has 1 aliphatic carbocycles. The highest BCUT2D eigenvalue weighted by Gasteiger charge is 2.65. The lowest BCUT2D eigenvalue weighted by molar-refractivity contribution is -0.118. The first-order valence-electron chi connectivity index (χ1n) is 13.2. The molecule has 0 saturated heterocycles. The van der Waals surface area contributed by atoms with Crippen molar-refractivity contribution >= 4 is 40.8 Å². The quantitative estimate of drug-likeness (QED) is 0.221. The molecule has 2 aliphatic rings.